The van der Waals surface area contributed by atoms with Gasteiger partial charge in [0.2, 0.25) is 0 Å². The van der Waals surface area contributed by atoms with Crippen molar-refractivity contribution in [1.82, 2.24) is 0 Å². The molecule has 5 nitrogen and oxygen atoms in total. The van der Waals surface area contributed by atoms with Crippen LogP contribution in [0.25, 0.3) is 0 Å². The molecule has 5 heteroatoms. The van der Waals surface area contributed by atoms with Crippen LogP contribution in [0.15, 0.2) is 0 Å². The molecule has 0 aliphatic heterocycles. The molecule has 94 valence electrons. The maximum absolute atomic E-state index is 11.4. The van der Waals surface area contributed by atoms with Crippen LogP contribution in [0.1, 0.15) is 41.0 Å². The smallest absolute Gasteiger partial charge is 0.338 e. The molecule has 0 aromatic carbocycles. The highest BCUT2D eigenvalue weighted by Gasteiger charge is 2.36. The average molecular weight is 232 g/mol. The lowest BCUT2D eigenvalue weighted by molar-refractivity contribution is -0.174. The molecule has 0 heterocycles. The van der Waals surface area contributed by atoms with E-state index in [1.807, 2.05) is 0 Å². The lowest BCUT2D eigenvalue weighted by Crippen LogP contribution is -2.40. The van der Waals surface area contributed by atoms with Crippen molar-refractivity contribution >= 4 is 11.9 Å². The van der Waals surface area contributed by atoms with Crippen LogP contribution >= 0.6 is 0 Å². The van der Waals surface area contributed by atoms with Crippen molar-refractivity contribution in [2.24, 2.45) is 0 Å². The van der Waals surface area contributed by atoms with E-state index in [4.69, 9.17) is 9.47 Å². The molecule has 0 rings (SSSR count). The molecule has 0 fully saturated rings. The van der Waals surface area contributed by atoms with Gasteiger partial charge in [-0.15, -0.1) is 0 Å². The van der Waals surface area contributed by atoms with Crippen LogP contribution in [0.2, 0.25) is 0 Å². The van der Waals surface area contributed by atoms with E-state index in [2.05, 4.69) is 0 Å². The minimum atomic E-state index is -1.84. The van der Waals surface area contributed by atoms with E-state index in [9.17, 15) is 14.7 Å². The Morgan fingerprint density at radius 3 is 1.94 bits per heavy atom. The fourth-order valence-electron chi connectivity index (χ4n) is 0.999. The molecule has 0 aliphatic rings. The third kappa shape index (κ3) is 5.70. The second-order valence-corrected chi connectivity index (χ2v) is 4.44. The number of esters is 2. The minimum absolute atomic E-state index is 0.274. The van der Waals surface area contributed by atoms with E-state index in [1.165, 1.54) is 6.92 Å². The maximum Gasteiger partial charge on any atom is 0.338 e. The van der Waals surface area contributed by atoms with Crippen LogP contribution < -0.4 is 0 Å². The van der Waals surface area contributed by atoms with Gasteiger partial charge in [-0.25, -0.2) is 4.79 Å². The molecule has 1 unspecified atom stereocenters. The Morgan fingerprint density at radius 2 is 1.56 bits per heavy atom. The van der Waals surface area contributed by atoms with Gasteiger partial charge in [0.05, 0.1) is 18.6 Å². The summed E-state index contributed by atoms with van der Waals surface area (Å²) in [7, 11) is 0. The Morgan fingerprint density at radius 1 is 1.12 bits per heavy atom. The Labute approximate surface area is 95.7 Å². The third-order valence-electron chi connectivity index (χ3n) is 1.64. The standard InChI is InChI=1S/C11H20O5/c1-7(2)15-9(12)6-11(5,14)10(13)16-8(3)4/h7-8,14H,6H2,1-5H3. The third-order valence-corrected chi connectivity index (χ3v) is 1.64. The second-order valence-electron chi connectivity index (χ2n) is 4.44. The highest BCUT2D eigenvalue weighted by molar-refractivity contribution is 5.85. The highest BCUT2D eigenvalue weighted by atomic mass is 16.6. The van der Waals surface area contributed by atoms with E-state index >= 15 is 0 Å². The quantitative estimate of drug-likeness (QED) is 0.717. The van der Waals surface area contributed by atoms with Crippen LogP contribution in [-0.4, -0.2) is 34.9 Å². The van der Waals surface area contributed by atoms with E-state index in [1.54, 1.807) is 27.7 Å². The molecule has 0 saturated carbocycles. The molecule has 0 aromatic rings. The van der Waals surface area contributed by atoms with E-state index in [-0.39, 0.29) is 12.2 Å². The van der Waals surface area contributed by atoms with Crippen LogP contribution in [0, 0.1) is 0 Å². The summed E-state index contributed by atoms with van der Waals surface area (Å²) in [6.45, 7) is 7.96. The SMILES string of the molecule is CC(C)OC(=O)CC(C)(O)C(=O)OC(C)C. The summed E-state index contributed by atoms with van der Waals surface area (Å²) in [5.41, 5.74) is -1.84. The molecule has 0 bridgehead atoms. The number of aliphatic hydroxyl groups is 1. The van der Waals surface area contributed by atoms with Crippen LogP contribution in [0.4, 0.5) is 0 Å². The molecule has 16 heavy (non-hydrogen) atoms. The predicted molar refractivity (Wildman–Crippen MR) is 57.7 cm³/mol. The molecule has 1 atom stereocenters. The van der Waals surface area contributed by atoms with Crippen molar-refractivity contribution in [1.29, 1.82) is 0 Å². The van der Waals surface area contributed by atoms with Crippen molar-refractivity contribution < 1.29 is 24.2 Å². The average Bonchev–Trinajstić information content (AvgIpc) is 1.98. The molecule has 0 saturated heterocycles. The monoisotopic (exact) mass is 232 g/mol. The highest BCUT2D eigenvalue weighted by Crippen LogP contribution is 2.14. The largest absolute Gasteiger partial charge is 0.463 e. The topological polar surface area (TPSA) is 72.8 Å². The first-order chi connectivity index (χ1) is 7.15. The number of carbonyl (C=O) groups excluding carboxylic acids is 2. The van der Waals surface area contributed by atoms with Gasteiger partial charge in [0, 0.05) is 0 Å². The van der Waals surface area contributed by atoms with Gasteiger partial charge in [0.25, 0.3) is 0 Å². The number of carbonyl (C=O) groups is 2. The van der Waals surface area contributed by atoms with Gasteiger partial charge in [-0.1, -0.05) is 0 Å². The zero-order valence-electron chi connectivity index (χ0n) is 10.4. The molecular weight excluding hydrogens is 212 g/mol. The molecule has 0 aliphatic carbocycles. The summed E-state index contributed by atoms with van der Waals surface area (Å²) < 4.78 is 9.66. The van der Waals surface area contributed by atoms with Crippen molar-refractivity contribution in [2.45, 2.75) is 58.8 Å². The molecule has 0 radical (unpaired) electrons. The van der Waals surface area contributed by atoms with Gasteiger partial charge in [-0.05, 0) is 34.6 Å². The Balaban J connectivity index is 4.33. The molecule has 0 amide bonds. The van der Waals surface area contributed by atoms with Crippen molar-refractivity contribution in [3.8, 4) is 0 Å². The predicted octanol–water partition coefficient (Wildman–Crippen LogP) is 1.03. The summed E-state index contributed by atoms with van der Waals surface area (Å²) in [4.78, 5) is 22.7. The summed E-state index contributed by atoms with van der Waals surface area (Å²) >= 11 is 0. The van der Waals surface area contributed by atoms with E-state index in [0.717, 1.165) is 0 Å². The Kier molecular flexibility index (Phi) is 5.44. The van der Waals surface area contributed by atoms with Gasteiger partial charge in [0.15, 0.2) is 5.60 Å². The van der Waals surface area contributed by atoms with Crippen molar-refractivity contribution in [3.63, 3.8) is 0 Å². The Bertz CT molecular complexity index is 255. The van der Waals surface area contributed by atoms with Crippen LogP contribution in [0.3, 0.4) is 0 Å². The summed E-state index contributed by atoms with van der Waals surface area (Å²) in [6, 6.07) is 0. The van der Waals surface area contributed by atoms with E-state index < -0.39 is 24.0 Å². The first kappa shape index (κ1) is 14.9. The molecule has 0 spiro atoms. The molecule has 1 N–H and O–H groups in total. The molecular formula is C11H20O5. The Hall–Kier alpha value is -1.10. The van der Waals surface area contributed by atoms with Crippen molar-refractivity contribution in [3.05, 3.63) is 0 Å². The maximum atomic E-state index is 11.4. The first-order valence-corrected chi connectivity index (χ1v) is 5.28. The van der Waals surface area contributed by atoms with Gasteiger partial charge in [0.1, 0.15) is 0 Å². The number of hydrogen-bond acceptors (Lipinski definition) is 5. The van der Waals surface area contributed by atoms with E-state index in [0.29, 0.717) is 0 Å². The zero-order valence-corrected chi connectivity index (χ0v) is 10.4. The lowest BCUT2D eigenvalue weighted by atomic mass is 10.0. The normalized spacial score (nSPS) is 14.8. The zero-order chi connectivity index (χ0) is 12.9. The minimum Gasteiger partial charge on any atom is -0.463 e. The second kappa shape index (κ2) is 5.84. The van der Waals surface area contributed by atoms with Gasteiger partial charge < -0.3 is 14.6 Å². The van der Waals surface area contributed by atoms with Crippen LogP contribution in [-0.2, 0) is 19.1 Å². The van der Waals surface area contributed by atoms with Gasteiger partial charge in [-0.3, -0.25) is 4.79 Å². The fraction of sp³-hybridized carbons (Fsp3) is 0.818. The van der Waals surface area contributed by atoms with Gasteiger partial charge in [-0.2, -0.15) is 0 Å². The summed E-state index contributed by atoms with van der Waals surface area (Å²) in [5.74, 6) is -1.44. The molecule has 0 aromatic heterocycles. The number of rotatable bonds is 5. The lowest BCUT2D eigenvalue weighted by Gasteiger charge is -2.22. The summed E-state index contributed by atoms with van der Waals surface area (Å²) in [6.07, 6.45) is -1.01. The number of ether oxygens (including phenoxy) is 2. The summed E-state index contributed by atoms with van der Waals surface area (Å²) in [5, 5.41) is 9.74. The van der Waals surface area contributed by atoms with Crippen LogP contribution in [0.5, 0.6) is 0 Å². The number of hydrogen-bond donors (Lipinski definition) is 1. The fourth-order valence-corrected chi connectivity index (χ4v) is 0.999. The van der Waals surface area contributed by atoms with Gasteiger partial charge >= 0.3 is 11.9 Å². The van der Waals surface area contributed by atoms with Crippen molar-refractivity contribution in [2.75, 3.05) is 0 Å². The first-order valence-electron chi connectivity index (χ1n) is 5.28.